The lowest BCUT2D eigenvalue weighted by Crippen LogP contribution is -2.21. The van der Waals surface area contributed by atoms with Crippen LogP contribution in [0.5, 0.6) is 0 Å². The van der Waals surface area contributed by atoms with E-state index >= 15 is 0 Å². The predicted molar refractivity (Wildman–Crippen MR) is 100 cm³/mol. The van der Waals surface area contributed by atoms with Gasteiger partial charge in [-0.1, -0.05) is 35.0 Å². The molecule has 0 spiro atoms. The van der Waals surface area contributed by atoms with Gasteiger partial charge in [-0.05, 0) is 60.5 Å². The summed E-state index contributed by atoms with van der Waals surface area (Å²) in [7, 11) is 0. The van der Waals surface area contributed by atoms with E-state index < -0.39 is 5.91 Å². The number of thioether (sulfide) groups is 1. The molecule has 0 aromatic heterocycles. The van der Waals surface area contributed by atoms with Crippen LogP contribution in [0.1, 0.15) is 0 Å². The van der Waals surface area contributed by atoms with E-state index in [-0.39, 0.29) is 5.70 Å². The maximum atomic E-state index is 12.2. The van der Waals surface area contributed by atoms with Crippen LogP contribution in [0.4, 0.5) is 5.69 Å². The summed E-state index contributed by atoms with van der Waals surface area (Å²) in [5, 5.41) is 9.55. The van der Waals surface area contributed by atoms with Gasteiger partial charge in [-0.15, -0.1) is 0 Å². The van der Waals surface area contributed by atoms with Crippen LogP contribution < -0.4 is 16.2 Å². The molecule has 2 aromatic rings. The second-order valence-corrected chi connectivity index (χ2v) is 7.20. The van der Waals surface area contributed by atoms with Crippen molar-refractivity contribution in [1.29, 1.82) is 0 Å². The summed E-state index contributed by atoms with van der Waals surface area (Å²) in [6.45, 7) is 0. The average molecular weight is 386 g/mol. The van der Waals surface area contributed by atoms with Crippen LogP contribution in [-0.2, 0) is 4.79 Å². The van der Waals surface area contributed by atoms with Gasteiger partial charge in [0.1, 0.15) is 5.70 Å². The maximum Gasteiger partial charge on any atom is 0.273 e. The number of rotatable bonds is 5. The number of carbonyl (C=O) groups is 1. The summed E-state index contributed by atoms with van der Waals surface area (Å²) in [4.78, 5) is 13.1. The quantitative estimate of drug-likeness (QED) is 0.402. The maximum absolute atomic E-state index is 12.2. The van der Waals surface area contributed by atoms with Crippen LogP contribution in [0.15, 0.2) is 63.4 Å². The normalized spacial score (nSPS) is 11.8. The zero-order chi connectivity index (χ0) is 16.8. The Hall–Kier alpha value is -1.31. The molecule has 0 saturated heterocycles. The third-order valence-electron chi connectivity index (χ3n) is 2.70. The molecule has 1 amide bonds. The second kappa shape index (κ2) is 8.52. The Kier molecular flexibility index (Phi) is 6.68. The molecule has 0 fully saturated rings. The standard InChI is InChI=1S/C15H13Cl2N3OS2/c16-9-1-5-11(6-2-9)20-14(21)13(18)15(23-19)22-12-7-3-10(17)4-8-12/h1-8H,18-19H2,(H,20,21)/b15-13-. The fourth-order valence-electron chi connectivity index (χ4n) is 1.58. The van der Waals surface area contributed by atoms with Crippen LogP contribution in [0, 0.1) is 0 Å². The Morgan fingerprint density at radius 2 is 1.48 bits per heavy atom. The van der Waals surface area contributed by atoms with E-state index in [2.05, 4.69) is 5.32 Å². The first-order valence-electron chi connectivity index (χ1n) is 6.36. The zero-order valence-corrected chi connectivity index (χ0v) is 14.9. The van der Waals surface area contributed by atoms with E-state index in [9.17, 15) is 4.79 Å². The number of nitrogens with two attached hydrogens (primary N) is 2. The van der Waals surface area contributed by atoms with Crippen molar-refractivity contribution in [2.24, 2.45) is 10.9 Å². The largest absolute Gasteiger partial charge is 0.393 e. The summed E-state index contributed by atoms with van der Waals surface area (Å²) in [6.07, 6.45) is 0. The molecule has 0 saturated carbocycles. The molecule has 0 heterocycles. The Balaban J connectivity index is 2.13. The molecular formula is C15H13Cl2N3OS2. The minimum atomic E-state index is -0.429. The molecule has 120 valence electrons. The van der Waals surface area contributed by atoms with Crippen molar-refractivity contribution in [3.8, 4) is 0 Å². The van der Waals surface area contributed by atoms with Crippen molar-refractivity contribution in [3.05, 3.63) is 68.5 Å². The summed E-state index contributed by atoms with van der Waals surface area (Å²) >= 11 is 13.9. The molecule has 8 heteroatoms. The van der Waals surface area contributed by atoms with Crippen molar-refractivity contribution in [3.63, 3.8) is 0 Å². The van der Waals surface area contributed by atoms with Gasteiger partial charge in [0.05, 0.1) is 4.24 Å². The molecule has 0 aliphatic heterocycles. The lowest BCUT2D eigenvalue weighted by molar-refractivity contribution is -0.112. The van der Waals surface area contributed by atoms with Crippen molar-refractivity contribution in [2.75, 3.05) is 5.32 Å². The highest BCUT2D eigenvalue weighted by Gasteiger charge is 2.14. The third-order valence-corrected chi connectivity index (χ3v) is 5.09. The molecule has 0 unspecified atom stereocenters. The van der Waals surface area contributed by atoms with Gasteiger partial charge < -0.3 is 11.1 Å². The van der Waals surface area contributed by atoms with Gasteiger partial charge in [-0.2, -0.15) is 0 Å². The highest BCUT2D eigenvalue weighted by molar-refractivity contribution is 8.21. The fraction of sp³-hybridized carbons (Fsp3) is 0. The smallest absolute Gasteiger partial charge is 0.273 e. The molecule has 2 rings (SSSR count). The van der Waals surface area contributed by atoms with Crippen molar-refractivity contribution in [2.45, 2.75) is 4.90 Å². The number of halogens is 2. The van der Waals surface area contributed by atoms with Crippen molar-refractivity contribution in [1.82, 2.24) is 0 Å². The topological polar surface area (TPSA) is 81.1 Å². The minimum Gasteiger partial charge on any atom is -0.393 e. The third kappa shape index (κ3) is 5.37. The molecule has 5 N–H and O–H groups in total. The lowest BCUT2D eigenvalue weighted by atomic mass is 10.3. The molecule has 2 aromatic carbocycles. The molecule has 0 atom stereocenters. The van der Waals surface area contributed by atoms with Crippen LogP contribution >= 0.6 is 46.9 Å². The van der Waals surface area contributed by atoms with Gasteiger partial charge in [0.25, 0.3) is 5.91 Å². The second-order valence-electron chi connectivity index (χ2n) is 4.34. The van der Waals surface area contributed by atoms with E-state index in [0.29, 0.717) is 20.0 Å². The summed E-state index contributed by atoms with van der Waals surface area (Å²) in [5.74, 6) is -0.429. The highest BCUT2D eigenvalue weighted by Crippen LogP contribution is 2.34. The van der Waals surface area contributed by atoms with Gasteiger partial charge in [0.2, 0.25) is 0 Å². The Bertz CT molecular complexity index is 719. The predicted octanol–water partition coefficient (Wildman–Crippen LogP) is 4.46. The van der Waals surface area contributed by atoms with E-state index in [1.54, 1.807) is 36.4 Å². The zero-order valence-electron chi connectivity index (χ0n) is 11.8. The number of anilines is 1. The molecule has 0 aliphatic carbocycles. The molecule has 0 bridgehead atoms. The molecule has 4 nitrogen and oxygen atoms in total. The minimum absolute atomic E-state index is 0.0485. The summed E-state index contributed by atoms with van der Waals surface area (Å²) < 4.78 is 0.499. The number of benzene rings is 2. The highest BCUT2D eigenvalue weighted by atomic mass is 35.5. The van der Waals surface area contributed by atoms with E-state index in [4.69, 9.17) is 34.1 Å². The van der Waals surface area contributed by atoms with Crippen LogP contribution in [0.25, 0.3) is 0 Å². The monoisotopic (exact) mass is 385 g/mol. The molecule has 0 radical (unpaired) electrons. The Labute approximate surface area is 152 Å². The van der Waals surface area contributed by atoms with Crippen LogP contribution in [0.3, 0.4) is 0 Å². The van der Waals surface area contributed by atoms with Gasteiger partial charge in [-0.3, -0.25) is 9.93 Å². The number of hydrogen-bond donors (Lipinski definition) is 3. The first-order chi connectivity index (χ1) is 11.0. The SMILES string of the molecule is NS/C(Sc1ccc(Cl)cc1)=C(\N)C(=O)Nc1ccc(Cl)cc1. The van der Waals surface area contributed by atoms with E-state index in [1.807, 2.05) is 12.1 Å². The first-order valence-corrected chi connectivity index (χ1v) is 8.81. The lowest BCUT2D eigenvalue weighted by Gasteiger charge is -2.10. The average Bonchev–Trinajstić information content (AvgIpc) is 2.55. The van der Waals surface area contributed by atoms with Crippen LogP contribution in [-0.4, -0.2) is 5.91 Å². The fourth-order valence-corrected chi connectivity index (χ4v) is 3.22. The molecule has 23 heavy (non-hydrogen) atoms. The molecule has 0 aliphatic rings. The van der Waals surface area contributed by atoms with Gasteiger partial charge in [-0.25, -0.2) is 0 Å². The van der Waals surface area contributed by atoms with Crippen LogP contribution in [0.2, 0.25) is 10.0 Å². The van der Waals surface area contributed by atoms with Gasteiger partial charge >= 0.3 is 0 Å². The Morgan fingerprint density at radius 3 is 2.00 bits per heavy atom. The number of carbonyl (C=O) groups excluding carboxylic acids is 1. The first kappa shape index (κ1) is 18.0. The van der Waals surface area contributed by atoms with E-state index in [1.165, 1.54) is 11.8 Å². The van der Waals surface area contributed by atoms with E-state index in [0.717, 1.165) is 16.8 Å². The van der Waals surface area contributed by atoms with Crippen molar-refractivity contribution < 1.29 is 4.79 Å². The summed E-state index contributed by atoms with van der Waals surface area (Å²) in [5.41, 5.74) is 6.57. The molecular weight excluding hydrogens is 373 g/mol. The number of hydrogen-bond acceptors (Lipinski definition) is 5. The number of amides is 1. The van der Waals surface area contributed by atoms with Crippen molar-refractivity contribution >= 4 is 58.5 Å². The number of nitrogens with one attached hydrogen (secondary N) is 1. The summed E-state index contributed by atoms with van der Waals surface area (Å²) in [6, 6.07) is 13.9. The Morgan fingerprint density at radius 1 is 0.957 bits per heavy atom. The van der Waals surface area contributed by atoms with Gasteiger partial charge in [0.15, 0.2) is 0 Å². The van der Waals surface area contributed by atoms with Gasteiger partial charge in [0, 0.05) is 20.6 Å².